The van der Waals surface area contributed by atoms with Crippen LogP contribution in [0.2, 0.25) is 0 Å². The van der Waals surface area contributed by atoms with Crippen molar-refractivity contribution in [2.75, 3.05) is 0 Å². The Kier molecular flexibility index (Phi) is 4.45. The van der Waals surface area contributed by atoms with E-state index in [0.717, 1.165) is 31.4 Å². The number of aromatic amines is 1. The highest BCUT2D eigenvalue weighted by Crippen LogP contribution is 2.34. The zero-order chi connectivity index (χ0) is 18.2. The van der Waals surface area contributed by atoms with Gasteiger partial charge in [-0.25, -0.2) is 4.98 Å². The molecule has 8 heteroatoms. The number of nitrogens with zero attached hydrogens (tertiary/aromatic N) is 1. The van der Waals surface area contributed by atoms with Crippen LogP contribution in [0.1, 0.15) is 43.0 Å². The van der Waals surface area contributed by atoms with Crippen LogP contribution in [0.5, 0.6) is 0 Å². The van der Waals surface area contributed by atoms with Gasteiger partial charge in [-0.1, -0.05) is 13.0 Å². The fraction of sp³-hybridized carbons (Fsp3) is 0.412. The number of hydrogen-bond acceptors (Lipinski definition) is 3. The van der Waals surface area contributed by atoms with Crippen LogP contribution in [0.15, 0.2) is 30.5 Å². The number of imidazole rings is 1. The van der Waals surface area contributed by atoms with Crippen molar-refractivity contribution in [2.24, 2.45) is 5.73 Å². The summed E-state index contributed by atoms with van der Waals surface area (Å²) in [6, 6.07) is 3.43. The summed E-state index contributed by atoms with van der Waals surface area (Å²) in [7, 11) is 0. The van der Waals surface area contributed by atoms with E-state index < -0.39 is 11.7 Å². The Morgan fingerprint density at radius 2 is 2.12 bits per heavy atom. The summed E-state index contributed by atoms with van der Waals surface area (Å²) in [5.41, 5.74) is 5.51. The summed E-state index contributed by atoms with van der Waals surface area (Å²) < 4.78 is 38.5. The molecule has 2 aromatic rings. The normalized spacial score (nSPS) is 21.2. The predicted octanol–water partition coefficient (Wildman–Crippen LogP) is 3.20. The zero-order valence-corrected chi connectivity index (χ0v) is 13.5. The Bertz CT molecular complexity index is 812. The highest BCUT2D eigenvalue weighted by Gasteiger charge is 2.31. The molecular weight excluding hydrogens is 333 g/mol. The fourth-order valence-electron chi connectivity index (χ4n) is 3.25. The second-order valence-electron chi connectivity index (χ2n) is 6.41. The highest BCUT2D eigenvalue weighted by atomic mass is 19.4. The molecule has 1 aromatic heterocycles. The molecule has 1 aliphatic rings. The van der Waals surface area contributed by atoms with Crippen LogP contribution in [0.25, 0.3) is 11.0 Å². The van der Waals surface area contributed by atoms with E-state index >= 15 is 0 Å². The second kappa shape index (κ2) is 6.42. The SMILES string of the molecule is C=C(N)C(=O)NC1CCCC(c2nc3ccc(C(F)(F)F)cc3[nH]2)C1. The molecular formula is C17H19F3N4O. The molecule has 1 aliphatic carbocycles. The molecule has 0 radical (unpaired) electrons. The van der Waals surface area contributed by atoms with Crippen molar-refractivity contribution in [2.45, 2.75) is 43.8 Å². The van der Waals surface area contributed by atoms with Crippen molar-refractivity contribution in [3.63, 3.8) is 0 Å². The van der Waals surface area contributed by atoms with Gasteiger partial charge in [0.15, 0.2) is 0 Å². The number of rotatable bonds is 3. The molecule has 1 heterocycles. The maximum absolute atomic E-state index is 12.8. The first-order valence-electron chi connectivity index (χ1n) is 8.06. The van der Waals surface area contributed by atoms with Gasteiger partial charge in [-0.05, 0) is 37.5 Å². The molecule has 0 saturated heterocycles. The third kappa shape index (κ3) is 3.78. The van der Waals surface area contributed by atoms with Gasteiger partial charge in [0.05, 0.1) is 22.3 Å². The average Bonchev–Trinajstić information content (AvgIpc) is 2.97. The number of nitrogens with two attached hydrogens (primary N) is 1. The summed E-state index contributed by atoms with van der Waals surface area (Å²) in [6.45, 7) is 3.41. The van der Waals surface area contributed by atoms with Gasteiger partial charge in [-0.3, -0.25) is 4.79 Å². The van der Waals surface area contributed by atoms with Crippen LogP contribution in [-0.2, 0) is 11.0 Å². The molecule has 3 rings (SSSR count). The number of fused-ring (bicyclic) bond motifs is 1. The number of H-pyrrole nitrogens is 1. The Hall–Kier alpha value is -2.51. The Morgan fingerprint density at radius 3 is 2.80 bits per heavy atom. The van der Waals surface area contributed by atoms with Crippen LogP contribution in [0, 0.1) is 0 Å². The van der Waals surface area contributed by atoms with E-state index in [1.165, 1.54) is 6.07 Å². The quantitative estimate of drug-likeness (QED) is 0.742. The third-order valence-corrected chi connectivity index (χ3v) is 4.52. The van der Waals surface area contributed by atoms with Crippen LogP contribution in [-0.4, -0.2) is 21.9 Å². The van der Waals surface area contributed by atoms with Gasteiger partial charge in [0.25, 0.3) is 5.91 Å². The summed E-state index contributed by atoms with van der Waals surface area (Å²) in [5, 5.41) is 2.83. The van der Waals surface area contributed by atoms with Gasteiger partial charge < -0.3 is 16.0 Å². The molecule has 0 aliphatic heterocycles. The van der Waals surface area contributed by atoms with Crippen LogP contribution >= 0.6 is 0 Å². The van der Waals surface area contributed by atoms with Gasteiger partial charge in [-0.15, -0.1) is 0 Å². The van der Waals surface area contributed by atoms with E-state index in [4.69, 9.17) is 5.73 Å². The number of alkyl halides is 3. The lowest BCUT2D eigenvalue weighted by Crippen LogP contribution is -2.40. The maximum Gasteiger partial charge on any atom is 0.416 e. The van der Waals surface area contributed by atoms with Crippen LogP contribution in [0.3, 0.4) is 0 Å². The van der Waals surface area contributed by atoms with Crippen molar-refractivity contribution in [1.29, 1.82) is 0 Å². The van der Waals surface area contributed by atoms with E-state index in [0.29, 0.717) is 23.3 Å². The number of hydrogen-bond donors (Lipinski definition) is 3. The standard InChI is InChI=1S/C17H19F3N4O/c1-9(21)16(25)22-12-4-2-3-10(7-12)15-23-13-6-5-11(17(18,19)20)8-14(13)24-15/h5-6,8,10,12H,1-4,7,21H2,(H,22,25)(H,23,24). The molecule has 1 saturated carbocycles. The first kappa shape index (κ1) is 17.3. The summed E-state index contributed by atoms with van der Waals surface area (Å²) in [4.78, 5) is 19.1. The third-order valence-electron chi connectivity index (χ3n) is 4.52. The van der Waals surface area contributed by atoms with E-state index in [-0.39, 0.29) is 23.6 Å². The molecule has 0 spiro atoms. The minimum absolute atomic E-state index is 0.0365. The highest BCUT2D eigenvalue weighted by molar-refractivity contribution is 5.91. The number of halogens is 3. The molecule has 4 N–H and O–H groups in total. The Morgan fingerprint density at radius 1 is 1.36 bits per heavy atom. The van der Waals surface area contributed by atoms with Gasteiger partial charge in [-0.2, -0.15) is 13.2 Å². The van der Waals surface area contributed by atoms with Gasteiger partial charge >= 0.3 is 6.18 Å². The Labute approximate surface area is 142 Å². The van der Waals surface area contributed by atoms with Gasteiger partial charge in [0, 0.05) is 12.0 Å². The summed E-state index contributed by atoms with van der Waals surface area (Å²) in [6.07, 6.45) is -1.15. The smallest absolute Gasteiger partial charge is 0.395 e. The topological polar surface area (TPSA) is 83.8 Å². The minimum atomic E-state index is -4.38. The number of amides is 1. The number of aromatic nitrogens is 2. The van der Waals surface area contributed by atoms with Crippen molar-refractivity contribution in [3.8, 4) is 0 Å². The summed E-state index contributed by atoms with van der Waals surface area (Å²) in [5.74, 6) is 0.316. The van der Waals surface area contributed by atoms with E-state index in [2.05, 4.69) is 21.9 Å². The van der Waals surface area contributed by atoms with Crippen LogP contribution in [0.4, 0.5) is 13.2 Å². The predicted molar refractivity (Wildman–Crippen MR) is 87.6 cm³/mol. The van der Waals surface area contributed by atoms with E-state index in [1.807, 2.05) is 0 Å². The molecule has 1 fully saturated rings. The second-order valence-corrected chi connectivity index (χ2v) is 6.41. The number of carbonyl (C=O) groups excluding carboxylic acids is 1. The van der Waals surface area contributed by atoms with E-state index in [9.17, 15) is 18.0 Å². The largest absolute Gasteiger partial charge is 0.416 e. The first-order valence-corrected chi connectivity index (χ1v) is 8.06. The first-order chi connectivity index (χ1) is 11.7. The van der Waals surface area contributed by atoms with E-state index in [1.54, 1.807) is 0 Å². The zero-order valence-electron chi connectivity index (χ0n) is 13.5. The maximum atomic E-state index is 12.8. The van der Waals surface area contributed by atoms with Crippen molar-refractivity contribution < 1.29 is 18.0 Å². The lowest BCUT2D eigenvalue weighted by Gasteiger charge is -2.28. The number of nitrogens with one attached hydrogen (secondary N) is 2. The molecule has 2 atom stereocenters. The molecule has 0 bridgehead atoms. The van der Waals surface area contributed by atoms with Gasteiger partial charge in [0.2, 0.25) is 0 Å². The molecule has 5 nitrogen and oxygen atoms in total. The van der Waals surface area contributed by atoms with Crippen LogP contribution < -0.4 is 11.1 Å². The van der Waals surface area contributed by atoms with Crippen molar-refractivity contribution in [3.05, 3.63) is 41.9 Å². The molecule has 25 heavy (non-hydrogen) atoms. The molecule has 1 amide bonds. The monoisotopic (exact) mass is 352 g/mol. The van der Waals surface area contributed by atoms with Gasteiger partial charge in [0.1, 0.15) is 5.82 Å². The molecule has 1 aromatic carbocycles. The number of benzene rings is 1. The molecule has 2 unspecified atom stereocenters. The number of carbonyl (C=O) groups is 1. The Balaban J connectivity index is 1.79. The lowest BCUT2D eigenvalue weighted by molar-refractivity contribution is -0.137. The minimum Gasteiger partial charge on any atom is -0.395 e. The summed E-state index contributed by atoms with van der Waals surface area (Å²) >= 11 is 0. The van der Waals surface area contributed by atoms with Crippen molar-refractivity contribution in [1.82, 2.24) is 15.3 Å². The molecule has 134 valence electrons. The van der Waals surface area contributed by atoms with Crippen molar-refractivity contribution >= 4 is 16.9 Å². The fourth-order valence-corrected chi connectivity index (χ4v) is 3.25. The average molecular weight is 352 g/mol. The lowest BCUT2D eigenvalue weighted by atomic mass is 9.85.